The quantitative estimate of drug-likeness (QED) is 0.659. The standard InChI is InChI=1S/C26H24F2N2O5/c27-26(28)20(21(26)22(31)30-11-14-9-25(14,13-30)23(32)33)10-29-24(34)35-12-19-17-7-3-1-5-15(17)16-6-2-4-8-18(16)19/h1-8,14,19-21H,9-13H2,(H,29,34)(H,32,33). The van der Waals surface area contributed by atoms with Crippen LogP contribution in [0.25, 0.3) is 11.1 Å². The zero-order valence-electron chi connectivity index (χ0n) is 18.7. The summed E-state index contributed by atoms with van der Waals surface area (Å²) < 4.78 is 34.2. The lowest BCUT2D eigenvalue weighted by atomic mass is 9.98. The van der Waals surface area contributed by atoms with Crippen LogP contribution in [0.4, 0.5) is 13.6 Å². The molecule has 1 aliphatic heterocycles. The van der Waals surface area contributed by atoms with Gasteiger partial charge in [0.1, 0.15) is 12.5 Å². The number of hydrogen-bond acceptors (Lipinski definition) is 4. The summed E-state index contributed by atoms with van der Waals surface area (Å²) in [7, 11) is 0. The summed E-state index contributed by atoms with van der Waals surface area (Å²) in [5.41, 5.74) is 3.29. The Hall–Kier alpha value is -3.49. The fourth-order valence-electron chi connectivity index (χ4n) is 6.00. The molecule has 0 bridgehead atoms. The molecule has 2 N–H and O–H groups in total. The van der Waals surface area contributed by atoms with Gasteiger partial charge in [0, 0.05) is 25.6 Å². The van der Waals surface area contributed by atoms with E-state index in [1.54, 1.807) is 0 Å². The van der Waals surface area contributed by atoms with E-state index in [1.807, 2.05) is 48.5 Å². The molecule has 9 heteroatoms. The van der Waals surface area contributed by atoms with E-state index in [0.717, 1.165) is 22.3 Å². The van der Waals surface area contributed by atoms with Crippen molar-refractivity contribution in [3.63, 3.8) is 0 Å². The fourth-order valence-corrected chi connectivity index (χ4v) is 6.00. The summed E-state index contributed by atoms with van der Waals surface area (Å²) in [6.45, 7) is -0.147. The molecular weight excluding hydrogens is 458 g/mol. The van der Waals surface area contributed by atoms with Crippen molar-refractivity contribution < 1.29 is 33.0 Å². The minimum absolute atomic E-state index is 0.0229. The summed E-state index contributed by atoms with van der Waals surface area (Å²) in [6, 6.07) is 15.7. The van der Waals surface area contributed by atoms with Gasteiger partial charge >= 0.3 is 12.1 Å². The van der Waals surface area contributed by atoms with Crippen LogP contribution >= 0.6 is 0 Å². The zero-order chi connectivity index (χ0) is 24.5. The molecule has 1 heterocycles. The van der Waals surface area contributed by atoms with Gasteiger partial charge in [-0.1, -0.05) is 48.5 Å². The molecule has 2 aromatic carbocycles. The average Bonchev–Trinajstić information content (AvgIpc) is 3.56. The van der Waals surface area contributed by atoms with Gasteiger partial charge in [-0.05, 0) is 34.6 Å². The summed E-state index contributed by atoms with van der Waals surface area (Å²) in [4.78, 5) is 37.7. The van der Waals surface area contributed by atoms with E-state index in [1.165, 1.54) is 4.90 Å². The van der Waals surface area contributed by atoms with Crippen LogP contribution in [0, 0.1) is 23.2 Å². The van der Waals surface area contributed by atoms with Crippen LogP contribution < -0.4 is 5.32 Å². The lowest BCUT2D eigenvalue weighted by Crippen LogP contribution is -2.36. The van der Waals surface area contributed by atoms with Gasteiger partial charge in [-0.2, -0.15) is 0 Å². The number of carbonyl (C=O) groups excluding carboxylic acids is 2. The number of ether oxygens (including phenoxy) is 1. The number of carbonyl (C=O) groups is 3. The first-order chi connectivity index (χ1) is 16.7. The number of halogens is 2. The monoisotopic (exact) mass is 482 g/mol. The third kappa shape index (κ3) is 3.31. The summed E-state index contributed by atoms with van der Waals surface area (Å²) in [5.74, 6) is -8.12. The topological polar surface area (TPSA) is 95.9 Å². The highest BCUT2D eigenvalue weighted by Gasteiger charge is 2.74. The number of fused-ring (bicyclic) bond motifs is 4. The number of amides is 2. The Labute approximate surface area is 200 Å². The molecule has 0 aromatic heterocycles. The van der Waals surface area contributed by atoms with Gasteiger partial charge in [-0.15, -0.1) is 0 Å². The van der Waals surface area contributed by atoms with Crippen molar-refractivity contribution in [3.8, 4) is 11.1 Å². The summed E-state index contributed by atoms with van der Waals surface area (Å²) in [6.07, 6.45) is -0.326. The van der Waals surface area contributed by atoms with Gasteiger partial charge in [0.25, 0.3) is 5.92 Å². The van der Waals surface area contributed by atoms with Crippen LogP contribution in [-0.2, 0) is 14.3 Å². The van der Waals surface area contributed by atoms with Crippen LogP contribution in [0.5, 0.6) is 0 Å². The van der Waals surface area contributed by atoms with E-state index in [2.05, 4.69) is 5.32 Å². The van der Waals surface area contributed by atoms with Crippen molar-refractivity contribution in [2.45, 2.75) is 18.3 Å². The Morgan fingerprint density at radius 2 is 1.69 bits per heavy atom. The molecule has 4 atom stereocenters. The van der Waals surface area contributed by atoms with Gasteiger partial charge in [0.2, 0.25) is 5.91 Å². The predicted octanol–water partition coefficient (Wildman–Crippen LogP) is 3.34. The Kier molecular flexibility index (Phi) is 4.72. The van der Waals surface area contributed by atoms with Crippen molar-refractivity contribution in [1.82, 2.24) is 10.2 Å². The predicted molar refractivity (Wildman–Crippen MR) is 120 cm³/mol. The molecule has 7 nitrogen and oxygen atoms in total. The van der Waals surface area contributed by atoms with Gasteiger partial charge in [0.15, 0.2) is 0 Å². The van der Waals surface area contributed by atoms with Gasteiger partial charge < -0.3 is 20.1 Å². The molecule has 4 aliphatic rings. The molecule has 182 valence electrons. The van der Waals surface area contributed by atoms with Gasteiger partial charge in [-0.3, -0.25) is 9.59 Å². The number of alkyl halides is 2. The number of benzene rings is 2. The second kappa shape index (κ2) is 7.50. The largest absolute Gasteiger partial charge is 0.481 e. The number of nitrogens with zero attached hydrogens (tertiary/aromatic N) is 1. The maximum atomic E-state index is 14.4. The number of rotatable bonds is 6. The number of alkyl carbamates (subject to hydrolysis) is 1. The zero-order valence-corrected chi connectivity index (χ0v) is 18.7. The normalized spacial score (nSPS) is 29.1. The second-order valence-corrected chi connectivity index (χ2v) is 10.0. The molecule has 6 rings (SSSR count). The number of likely N-dealkylation sites (tertiary alicyclic amines) is 1. The maximum absolute atomic E-state index is 14.4. The van der Waals surface area contributed by atoms with Crippen LogP contribution in [0.15, 0.2) is 48.5 Å². The molecule has 0 spiro atoms. The van der Waals surface area contributed by atoms with Crippen LogP contribution in [0.1, 0.15) is 23.5 Å². The molecular formula is C26H24F2N2O5. The van der Waals surface area contributed by atoms with Crippen molar-refractivity contribution in [2.75, 3.05) is 26.2 Å². The second-order valence-electron chi connectivity index (χ2n) is 10.0. The Morgan fingerprint density at radius 3 is 2.29 bits per heavy atom. The summed E-state index contributed by atoms with van der Waals surface area (Å²) >= 11 is 0. The molecule has 35 heavy (non-hydrogen) atoms. The smallest absolute Gasteiger partial charge is 0.407 e. The highest BCUT2D eigenvalue weighted by molar-refractivity contribution is 5.87. The number of piperidine rings is 1. The van der Waals surface area contributed by atoms with E-state index in [0.29, 0.717) is 6.42 Å². The first kappa shape index (κ1) is 22.0. The third-order valence-electron chi connectivity index (χ3n) is 8.16. The first-order valence-electron chi connectivity index (χ1n) is 11.7. The van der Waals surface area contributed by atoms with Crippen LogP contribution in [-0.4, -0.2) is 60.1 Å². The van der Waals surface area contributed by atoms with E-state index in [4.69, 9.17) is 4.74 Å². The number of hydrogen-bond donors (Lipinski definition) is 2. The van der Waals surface area contributed by atoms with E-state index < -0.39 is 41.1 Å². The average molecular weight is 482 g/mol. The number of carboxylic acid groups (broad SMARTS) is 1. The number of nitrogens with one attached hydrogen (secondary N) is 1. The Morgan fingerprint density at radius 1 is 1.06 bits per heavy atom. The Balaban J connectivity index is 1.04. The van der Waals surface area contributed by atoms with Crippen molar-refractivity contribution >= 4 is 18.0 Å². The molecule has 3 aliphatic carbocycles. The SMILES string of the molecule is O=C(NCC1C(C(=O)N2CC3CC3(C(=O)O)C2)C1(F)F)OCC1c2ccccc2-c2ccccc21. The van der Waals surface area contributed by atoms with E-state index >= 15 is 0 Å². The molecule has 0 radical (unpaired) electrons. The van der Waals surface area contributed by atoms with Crippen molar-refractivity contribution in [1.29, 1.82) is 0 Å². The van der Waals surface area contributed by atoms with Gasteiger partial charge in [0.05, 0.1) is 11.3 Å². The van der Waals surface area contributed by atoms with Crippen LogP contribution in [0.2, 0.25) is 0 Å². The molecule has 3 fully saturated rings. The van der Waals surface area contributed by atoms with Crippen molar-refractivity contribution in [3.05, 3.63) is 59.7 Å². The first-order valence-corrected chi connectivity index (χ1v) is 11.7. The van der Waals surface area contributed by atoms with Crippen molar-refractivity contribution in [2.24, 2.45) is 23.2 Å². The maximum Gasteiger partial charge on any atom is 0.407 e. The van der Waals surface area contributed by atoms with Crippen LogP contribution in [0.3, 0.4) is 0 Å². The lowest BCUT2D eigenvalue weighted by Gasteiger charge is -2.19. The lowest BCUT2D eigenvalue weighted by molar-refractivity contribution is -0.144. The highest BCUT2D eigenvalue weighted by atomic mass is 19.3. The minimum atomic E-state index is -3.24. The highest BCUT2D eigenvalue weighted by Crippen LogP contribution is 2.61. The fraction of sp³-hybridized carbons (Fsp3) is 0.423. The number of aliphatic carboxylic acids is 1. The van der Waals surface area contributed by atoms with E-state index in [-0.39, 0.29) is 38.1 Å². The molecule has 4 unspecified atom stereocenters. The Bertz CT molecular complexity index is 1200. The molecule has 1 saturated heterocycles. The summed E-state index contributed by atoms with van der Waals surface area (Å²) in [5, 5.41) is 11.7. The molecule has 2 aromatic rings. The molecule has 2 amide bonds. The minimum Gasteiger partial charge on any atom is -0.481 e. The van der Waals surface area contributed by atoms with Gasteiger partial charge in [-0.25, -0.2) is 13.6 Å². The number of carboxylic acids is 1. The molecule has 2 saturated carbocycles. The third-order valence-corrected chi connectivity index (χ3v) is 8.16. The van der Waals surface area contributed by atoms with E-state index in [9.17, 15) is 28.3 Å².